The first-order chi connectivity index (χ1) is 12.0. The Morgan fingerprint density at radius 1 is 1.28 bits per heavy atom. The first-order valence-corrected chi connectivity index (χ1v) is 8.99. The number of fused-ring (bicyclic) bond motifs is 1. The minimum Gasteiger partial charge on any atom is -0.332 e. The molecular weight excluding hydrogens is 380 g/mol. The molecule has 0 spiro atoms. The summed E-state index contributed by atoms with van der Waals surface area (Å²) in [5, 5.41) is 3.93. The van der Waals surface area contributed by atoms with Crippen molar-refractivity contribution in [1.29, 1.82) is 0 Å². The topological polar surface area (TPSA) is 50.2 Å². The number of benzene rings is 1. The molecule has 2 heterocycles. The highest BCUT2D eigenvalue weighted by Gasteiger charge is 2.11. The van der Waals surface area contributed by atoms with Gasteiger partial charge in [0.2, 0.25) is 0 Å². The van der Waals surface area contributed by atoms with Crippen molar-refractivity contribution in [2.45, 2.75) is 13.0 Å². The zero-order valence-corrected chi connectivity index (χ0v) is 16.0. The van der Waals surface area contributed by atoms with E-state index in [1.807, 2.05) is 36.5 Å². The lowest BCUT2D eigenvalue weighted by molar-refractivity contribution is 0.102. The summed E-state index contributed by atoms with van der Waals surface area (Å²) in [6.45, 7) is 1.97. The molecular formula is C19H21BrN4O. The highest BCUT2D eigenvalue weighted by Crippen LogP contribution is 2.21. The summed E-state index contributed by atoms with van der Waals surface area (Å²) in [5.41, 5.74) is 2.24. The van der Waals surface area contributed by atoms with Crippen molar-refractivity contribution in [3.8, 4) is 0 Å². The summed E-state index contributed by atoms with van der Waals surface area (Å²) in [6, 6.07) is 11.4. The van der Waals surface area contributed by atoms with Gasteiger partial charge in [-0.3, -0.25) is 4.79 Å². The average molecular weight is 401 g/mol. The molecule has 0 saturated heterocycles. The molecule has 5 nitrogen and oxygen atoms in total. The number of nitrogens with zero attached hydrogens (tertiary/aromatic N) is 3. The molecule has 0 aliphatic heterocycles. The van der Waals surface area contributed by atoms with E-state index in [0.717, 1.165) is 35.0 Å². The molecule has 0 bridgehead atoms. The fourth-order valence-electron chi connectivity index (χ4n) is 2.73. The number of carbonyl (C=O) groups is 1. The van der Waals surface area contributed by atoms with Crippen molar-refractivity contribution >= 4 is 38.6 Å². The highest BCUT2D eigenvalue weighted by atomic mass is 79.9. The number of nitrogens with one attached hydrogen (secondary N) is 1. The van der Waals surface area contributed by atoms with Crippen LogP contribution < -0.4 is 5.32 Å². The first-order valence-electron chi connectivity index (χ1n) is 8.20. The van der Waals surface area contributed by atoms with Crippen LogP contribution in [-0.2, 0) is 6.54 Å². The molecule has 130 valence electrons. The van der Waals surface area contributed by atoms with E-state index in [9.17, 15) is 4.79 Å². The third-order valence-corrected chi connectivity index (χ3v) is 4.67. The molecule has 0 aliphatic rings. The number of rotatable bonds is 6. The second kappa shape index (κ2) is 7.80. The molecule has 0 aliphatic carbocycles. The Labute approximate surface area is 155 Å². The smallest absolute Gasteiger partial charge is 0.256 e. The Hall–Kier alpha value is -2.18. The highest BCUT2D eigenvalue weighted by molar-refractivity contribution is 9.10. The van der Waals surface area contributed by atoms with Gasteiger partial charge in [0, 0.05) is 22.6 Å². The van der Waals surface area contributed by atoms with Gasteiger partial charge in [0.25, 0.3) is 5.91 Å². The standard InChI is InChI=1S/C19H21BrN4O/c1-23(2)9-5-10-24-11-8-14-12-15(13-21-18(14)24)22-19(25)16-6-3-4-7-17(16)20/h3-4,6-8,11-13H,5,9-10H2,1-2H3,(H,22,25). The summed E-state index contributed by atoms with van der Waals surface area (Å²) in [6.07, 6.45) is 4.82. The van der Waals surface area contributed by atoms with Crippen LogP contribution in [0.1, 0.15) is 16.8 Å². The normalized spacial score (nSPS) is 11.2. The molecule has 0 fully saturated rings. The van der Waals surface area contributed by atoms with Gasteiger partial charge in [-0.1, -0.05) is 12.1 Å². The number of hydrogen-bond donors (Lipinski definition) is 1. The van der Waals surface area contributed by atoms with E-state index in [-0.39, 0.29) is 5.91 Å². The van der Waals surface area contributed by atoms with Gasteiger partial charge >= 0.3 is 0 Å². The van der Waals surface area contributed by atoms with Gasteiger partial charge in [-0.2, -0.15) is 0 Å². The molecule has 1 amide bonds. The maximum absolute atomic E-state index is 12.4. The predicted molar refractivity (Wildman–Crippen MR) is 105 cm³/mol. The van der Waals surface area contributed by atoms with Crippen molar-refractivity contribution in [3.05, 3.63) is 58.8 Å². The number of pyridine rings is 1. The predicted octanol–water partition coefficient (Wildman–Crippen LogP) is 4.00. The van der Waals surface area contributed by atoms with Crippen LogP contribution in [0.3, 0.4) is 0 Å². The van der Waals surface area contributed by atoms with Crippen molar-refractivity contribution in [2.75, 3.05) is 26.0 Å². The third kappa shape index (κ3) is 4.27. The fourth-order valence-corrected chi connectivity index (χ4v) is 3.19. The van der Waals surface area contributed by atoms with E-state index in [0.29, 0.717) is 11.3 Å². The maximum Gasteiger partial charge on any atom is 0.256 e. The van der Waals surface area contributed by atoms with Crippen molar-refractivity contribution in [3.63, 3.8) is 0 Å². The molecule has 3 aromatic rings. The zero-order chi connectivity index (χ0) is 17.8. The Morgan fingerprint density at radius 3 is 2.84 bits per heavy atom. The van der Waals surface area contributed by atoms with Gasteiger partial charge in [-0.25, -0.2) is 4.98 Å². The van der Waals surface area contributed by atoms with Crippen molar-refractivity contribution in [2.24, 2.45) is 0 Å². The van der Waals surface area contributed by atoms with Crippen LogP contribution in [0.4, 0.5) is 5.69 Å². The van der Waals surface area contributed by atoms with Gasteiger partial charge in [-0.15, -0.1) is 0 Å². The fraction of sp³-hybridized carbons (Fsp3) is 0.263. The second-order valence-corrected chi connectivity index (χ2v) is 7.09. The van der Waals surface area contributed by atoms with Crippen LogP contribution in [-0.4, -0.2) is 41.0 Å². The van der Waals surface area contributed by atoms with E-state index in [1.54, 1.807) is 12.3 Å². The molecule has 1 aromatic carbocycles. The summed E-state index contributed by atoms with van der Waals surface area (Å²) in [4.78, 5) is 19.1. The molecule has 1 N–H and O–H groups in total. The van der Waals surface area contributed by atoms with E-state index >= 15 is 0 Å². The quantitative estimate of drug-likeness (QED) is 0.679. The summed E-state index contributed by atoms with van der Waals surface area (Å²) < 4.78 is 2.92. The zero-order valence-electron chi connectivity index (χ0n) is 14.4. The maximum atomic E-state index is 12.4. The van der Waals surface area contributed by atoms with Crippen LogP contribution in [0.15, 0.2) is 53.3 Å². The first kappa shape index (κ1) is 17.6. The largest absolute Gasteiger partial charge is 0.332 e. The van der Waals surface area contributed by atoms with Crippen molar-refractivity contribution < 1.29 is 4.79 Å². The van der Waals surface area contributed by atoms with Crippen LogP contribution >= 0.6 is 15.9 Å². The number of halogens is 1. The number of anilines is 1. The number of carbonyl (C=O) groups excluding carboxylic acids is 1. The molecule has 0 radical (unpaired) electrons. The molecule has 25 heavy (non-hydrogen) atoms. The minimum absolute atomic E-state index is 0.154. The lowest BCUT2D eigenvalue weighted by atomic mass is 10.2. The van der Waals surface area contributed by atoms with Gasteiger partial charge < -0.3 is 14.8 Å². The average Bonchev–Trinajstić information content (AvgIpc) is 2.97. The monoisotopic (exact) mass is 400 g/mol. The lowest BCUT2D eigenvalue weighted by Crippen LogP contribution is -2.15. The lowest BCUT2D eigenvalue weighted by Gasteiger charge is -2.10. The van der Waals surface area contributed by atoms with Crippen LogP contribution in [0, 0.1) is 0 Å². The molecule has 2 aromatic heterocycles. The summed E-state index contributed by atoms with van der Waals surface area (Å²) in [5.74, 6) is -0.154. The molecule has 0 atom stereocenters. The summed E-state index contributed by atoms with van der Waals surface area (Å²) >= 11 is 3.40. The second-order valence-electron chi connectivity index (χ2n) is 6.24. The Bertz CT molecular complexity index is 888. The Morgan fingerprint density at radius 2 is 2.08 bits per heavy atom. The number of hydrogen-bond acceptors (Lipinski definition) is 3. The van der Waals surface area contributed by atoms with Crippen LogP contribution in [0.2, 0.25) is 0 Å². The number of amides is 1. The number of aromatic nitrogens is 2. The number of aryl methyl sites for hydroxylation is 1. The van der Waals surface area contributed by atoms with Crippen LogP contribution in [0.5, 0.6) is 0 Å². The van der Waals surface area contributed by atoms with E-state index in [2.05, 4.69) is 49.8 Å². The van der Waals surface area contributed by atoms with Gasteiger partial charge in [-0.05, 0) is 67.3 Å². The Kier molecular flexibility index (Phi) is 5.50. The van der Waals surface area contributed by atoms with Crippen LogP contribution in [0.25, 0.3) is 11.0 Å². The van der Waals surface area contributed by atoms with Crippen molar-refractivity contribution in [1.82, 2.24) is 14.5 Å². The van der Waals surface area contributed by atoms with Gasteiger partial charge in [0.15, 0.2) is 0 Å². The molecule has 0 unspecified atom stereocenters. The molecule has 0 saturated carbocycles. The third-order valence-electron chi connectivity index (χ3n) is 3.98. The van der Waals surface area contributed by atoms with E-state index in [4.69, 9.17) is 0 Å². The van der Waals surface area contributed by atoms with E-state index < -0.39 is 0 Å². The van der Waals surface area contributed by atoms with Gasteiger partial charge in [0.05, 0.1) is 17.4 Å². The Balaban J connectivity index is 1.74. The molecule has 6 heteroatoms. The SMILES string of the molecule is CN(C)CCCn1ccc2cc(NC(=O)c3ccccc3Br)cnc21. The van der Waals surface area contributed by atoms with E-state index in [1.165, 1.54) is 0 Å². The summed E-state index contributed by atoms with van der Waals surface area (Å²) in [7, 11) is 4.15. The van der Waals surface area contributed by atoms with Gasteiger partial charge in [0.1, 0.15) is 5.65 Å². The molecule has 3 rings (SSSR count). The minimum atomic E-state index is -0.154.